The van der Waals surface area contributed by atoms with Crippen molar-refractivity contribution in [1.82, 2.24) is 4.90 Å². The number of hydrogen-bond acceptors (Lipinski definition) is 2. The Bertz CT molecular complexity index is 779. The lowest BCUT2D eigenvalue weighted by Crippen LogP contribution is -2.57. The molecule has 0 bridgehead atoms. The molecule has 1 saturated heterocycles. The lowest BCUT2D eigenvalue weighted by atomic mass is 10.1. The van der Waals surface area contributed by atoms with Crippen LogP contribution < -0.4 is 4.90 Å². The number of hydrogen-bond donors (Lipinski definition) is 0. The number of anilines is 1. The zero-order valence-electron chi connectivity index (χ0n) is 13.1. The summed E-state index contributed by atoms with van der Waals surface area (Å²) >= 11 is 3.35. The Hall–Kier alpha value is -2.21. The molecule has 0 saturated carbocycles. The molecule has 0 aliphatic carbocycles. The molecule has 0 radical (unpaired) electrons. The van der Waals surface area contributed by atoms with Crippen molar-refractivity contribution in [3.8, 4) is 0 Å². The minimum Gasteiger partial charge on any atom is -0.325 e. The van der Waals surface area contributed by atoms with Crippen LogP contribution in [-0.2, 0) is 4.79 Å². The third-order valence-corrected chi connectivity index (χ3v) is 4.62. The minimum absolute atomic E-state index is 0.170. The van der Waals surface area contributed by atoms with Gasteiger partial charge in [0.15, 0.2) is 0 Å². The van der Waals surface area contributed by atoms with Gasteiger partial charge in [0.2, 0.25) is 5.91 Å². The van der Waals surface area contributed by atoms with Crippen LogP contribution in [0, 0.1) is 5.82 Å². The van der Waals surface area contributed by atoms with Gasteiger partial charge in [-0.05, 0) is 49.4 Å². The largest absolute Gasteiger partial charge is 0.325 e. The monoisotopic (exact) mass is 390 g/mol. The molecule has 1 fully saturated rings. The van der Waals surface area contributed by atoms with Crippen LogP contribution in [0.25, 0.3) is 0 Å². The normalized spacial score (nSPS) is 18.0. The standard InChI is InChI=1S/C18H16BrFN2O2/c1-12-17(23)22(16-7-5-15(20)6-8-16)10-9-21(12)18(24)13-3-2-4-14(19)11-13/h2-8,11-12H,9-10H2,1H3. The topological polar surface area (TPSA) is 40.6 Å². The van der Waals surface area contributed by atoms with Gasteiger partial charge in [-0.3, -0.25) is 9.59 Å². The van der Waals surface area contributed by atoms with Crippen LogP contribution in [0.1, 0.15) is 17.3 Å². The van der Waals surface area contributed by atoms with Gasteiger partial charge in [0.1, 0.15) is 11.9 Å². The zero-order chi connectivity index (χ0) is 17.3. The molecule has 0 aromatic heterocycles. The highest BCUT2D eigenvalue weighted by atomic mass is 79.9. The first-order chi connectivity index (χ1) is 11.5. The molecule has 2 amide bonds. The number of piperazine rings is 1. The Balaban J connectivity index is 1.79. The summed E-state index contributed by atoms with van der Waals surface area (Å²) in [6.45, 7) is 2.53. The van der Waals surface area contributed by atoms with E-state index >= 15 is 0 Å². The highest BCUT2D eigenvalue weighted by molar-refractivity contribution is 9.10. The second-order valence-corrected chi connectivity index (χ2v) is 6.57. The summed E-state index contributed by atoms with van der Waals surface area (Å²) in [7, 11) is 0. The molecule has 1 unspecified atom stereocenters. The van der Waals surface area contributed by atoms with E-state index in [9.17, 15) is 14.0 Å². The molecule has 6 heteroatoms. The summed E-state index contributed by atoms with van der Waals surface area (Å²) < 4.78 is 13.9. The van der Waals surface area contributed by atoms with Crippen molar-refractivity contribution in [2.45, 2.75) is 13.0 Å². The predicted octanol–water partition coefficient (Wildman–Crippen LogP) is 3.47. The SMILES string of the molecule is CC1C(=O)N(c2ccc(F)cc2)CCN1C(=O)c1cccc(Br)c1. The van der Waals surface area contributed by atoms with Crippen LogP contribution >= 0.6 is 15.9 Å². The molecule has 24 heavy (non-hydrogen) atoms. The van der Waals surface area contributed by atoms with Gasteiger partial charge in [-0.15, -0.1) is 0 Å². The molecule has 1 heterocycles. The first-order valence-corrected chi connectivity index (χ1v) is 8.40. The van der Waals surface area contributed by atoms with E-state index in [4.69, 9.17) is 0 Å². The first-order valence-electron chi connectivity index (χ1n) is 7.61. The van der Waals surface area contributed by atoms with Gasteiger partial charge in [-0.1, -0.05) is 22.0 Å². The second kappa shape index (κ2) is 6.73. The summed E-state index contributed by atoms with van der Waals surface area (Å²) in [6.07, 6.45) is 0. The Kier molecular flexibility index (Phi) is 4.66. The van der Waals surface area contributed by atoms with Gasteiger partial charge >= 0.3 is 0 Å². The van der Waals surface area contributed by atoms with Crippen molar-refractivity contribution in [2.24, 2.45) is 0 Å². The van der Waals surface area contributed by atoms with Crippen molar-refractivity contribution in [1.29, 1.82) is 0 Å². The molecule has 0 spiro atoms. The predicted molar refractivity (Wildman–Crippen MR) is 93.4 cm³/mol. The van der Waals surface area contributed by atoms with Crippen LogP contribution in [0.15, 0.2) is 53.0 Å². The number of nitrogens with zero attached hydrogens (tertiary/aromatic N) is 2. The van der Waals surface area contributed by atoms with Crippen molar-refractivity contribution >= 4 is 33.4 Å². The van der Waals surface area contributed by atoms with E-state index in [1.165, 1.54) is 12.1 Å². The molecule has 4 nitrogen and oxygen atoms in total. The molecule has 2 aromatic rings. The maximum atomic E-state index is 13.1. The van der Waals surface area contributed by atoms with Crippen LogP contribution in [0.3, 0.4) is 0 Å². The molecular weight excluding hydrogens is 375 g/mol. The van der Waals surface area contributed by atoms with Gasteiger partial charge in [0.25, 0.3) is 5.91 Å². The molecular formula is C18H16BrFN2O2. The molecule has 1 atom stereocenters. The zero-order valence-corrected chi connectivity index (χ0v) is 14.7. The fourth-order valence-corrected chi connectivity index (χ4v) is 3.21. The molecule has 1 aliphatic rings. The van der Waals surface area contributed by atoms with Crippen LogP contribution in [-0.4, -0.2) is 35.8 Å². The van der Waals surface area contributed by atoms with E-state index in [2.05, 4.69) is 15.9 Å². The van der Waals surface area contributed by atoms with Gasteiger partial charge in [-0.2, -0.15) is 0 Å². The van der Waals surface area contributed by atoms with E-state index in [1.807, 2.05) is 6.07 Å². The first kappa shape index (κ1) is 16.6. The van der Waals surface area contributed by atoms with Crippen molar-refractivity contribution < 1.29 is 14.0 Å². The van der Waals surface area contributed by atoms with E-state index in [0.717, 1.165) is 4.47 Å². The number of carbonyl (C=O) groups is 2. The third-order valence-electron chi connectivity index (χ3n) is 4.13. The number of amides is 2. The summed E-state index contributed by atoms with van der Waals surface area (Å²) in [4.78, 5) is 28.5. The molecule has 124 valence electrons. The summed E-state index contributed by atoms with van der Waals surface area (Å²) in [5, 5.41) is 0. The van der Waals surface area contributed by atoms with Crippen LogP contribution in [0.5, 0.6) is 0 Å². The average molecular weight is 391 g/mol. The molecule has 1 aliphatic heterocycles. The van der Waals surface area contributed by atoms with E-state index in [-0.39, 0.29) is 17.6 Å². The summed E-state index contributed by atoms with van der Waals surface area (Å²) in [6, 6.07) is 12.3. The highest BCUT2D eigenvalue weighted by Gasteiger charge is 2.35. The summed E-state index contributed by atoms with van der Waals surface area (Å²) in [5.74, 6) is -0.685. The lowest BCUT2D eigenvalue weighted by Gasteiger charge is -2.39. The van der Waals surface area contributed by atoms with Crippen molar-refractivity contribution in [3.63, 3.8) is 0 Å². The lowest BCUT2D eigenvalue weighted by molar-refractivity contribution is -0.124. The fraction of sp³-hybridized carbons (Fsp3) is 0.222. The van der Waals surface area contributed by atoms with Gasteiger partial charge in [0.05, 0.1) is 0 Å². The van der Waals surface area contributed by atoms with Gasteiger partial charge in [-0.25, -0.2) is 4.39 Å². The third kappa shape index (κ3) is 3.19. The van der Waals surface area contributed by atoms with Crippen LogP contribution in [0.4, 0.5) is 10.1 Å². The Morgan fingerprint density at radius 3 is 2.54 bits per heavy atom. The number of rotatable bonds is 2. The number of benzene rings is 2. The summed E-state index contributed by atoms with van der Waals surface area (Å²) in [5.41, 5.74) is 1.18. The van der Waals surface area contributed by atoms with Gasteiger partial charge in [0, 0.05) is 28.8 Å². The van der Waals surface area contributed by atoms with E-state index in [0.29, 0.717) is 24.3 Å². The Labute approximate surface area is 148 Å². The number of carbonyl (C=O) groups excluding carboxylic acids is 2. The Morgan fingerprint density at radius 1 is 1.17 bits per heavy atom. The van der Waals surface area contributed by atoms with Crippen molar-refractivity contribution in [2.75, 3.05) is 18.0 Å². The number of halogens is 2. The molecule has 3 rings (SSSR count). The average Bonchev–Trinajstić information content (AvgIpc) is 2.58. The highest BCUT2D eigenvalue weighted by Crippen LogP contribution is 2.23. The fourth-order valence-electron chi connectivity index (χ4n) is 2.81. The minimum atomic E-state index is -0.574. The Morgan fingerprint density at radius 2 is 1.88 bits per heavy atom. The maximum absolute atomic E-state index is 13.1. The quantitative estimate of drug-likeness (QED) is 0.787. The molecule has 2 aromatic carbocycles. The van der Waals surface area contributed by atoms with E-state index in [1.54, 1.807) is 47.1 Å². The van der Waals surface area contributed by atoms with E-state index < -0.39 is 6.04 Å². The van der Waals surface area contributed by atoms with Gasteiger partial charge < -0.3 is 9.80 Å². The molecule has 0 N–H and O–H groups in total. The van der Waals surface area contributed by atoms with Crippen molar-refractivity contribution in [3.05, 3.63) is 64.4 Å². The maximum Gasteiger partial charge on any atom is 0.254 e. The van der Waals surface area contributed by atoms with Crippen LogP contribution in [0.2, 0.25) is 0 Å². The smallest absolute Gasteiger partial charge is 0.254 e. The second-order valence-electron chi connectivity index (χ2n) is 5.65.